The minimum Gasteiger partial charge on any atom is -0.370 e. The van der Waals surface area contributed by atoms with Crippen LogP contribution in [0.5, 0.6) is 0 Å². The summed E-state index contributed by atoms with van der Waals surface area (Å²) in [5.41, 5.74) is 1.15. The zero-order valence-electron chi connectivity index (χ0n) is 15.5. The van der Waals surface area contributed by atoms with Gasteiger partial charge in [0.1, 0.15) is 5.82 Å². The summed E-state index contributed by atoms with van der Waals surface area (Å²) in [5, 5.41) is 2.64. The van der Waals surface area contributed by atoms with Crippen LogP contribution in [0.15, 0.2) is 18.2 Å². The van der Waals surface area contributed by atoms with Gasteiger partial charge in [-0.2, -0.15) is 0 Å². The van der Waals surface area contributed by atoms with Crippen molar-refractivity contribution in [3.63, 3.8) is 0 Å². The number of hydrogen-bond donors (Lipinski definition) is 1. The first-order chi connectivity index (χ1) is 11.9. The number of carbonyl (C=O) groups is 1. The Balaban J connectivity index is 1.62. The lowest BCUT2D eigenvalue weighted by atomic mass is 10.2. The van der Waals surface area contributed by atoms with Gasteiger partial charge in [-0.3, -0.25) is 9.69 Å². The zero-order chi connectivity index (χ0) is 18.0. The largest absolute Gasteiger partial charge is 0.370 e. The molecule has 138 valence electrons. The highest BCUT2D eigenvalue weighted by Crippen LogP contribution is 2.29. The van der Waals surface area contributed by atoms with Gasteiger partial charge >= 0.3 is 0 Å². The van der Waals surface area contributed by atoms with Crippen LogP contribution in [-0.4, -0.2) is 68.1 Å². The molecule has 0 saturated carbocycles. The summed E-state index contributed by atoms with van der Waals surface area (Å²) in [6.45, 7) is 5.64. The number of nitrogens with one attached hydrogen (secondary N) is 1. The molecule has 1 aromatic carbocycles. The Kier molecular flexibility index (Phi) is 5.59. The molecular weight excluding hydrogens is 319 g/mol. The lowest BCUT2D eigenvalue weighted by Gasteiger charge is -2.28. The highest BCUT2D eigenvalue weighted by Gasteiger charge is 2.33. The molecule has 1 amide bonds. The monoisotopic (exact) mass is 348 g/mol. The van der Waals surface area contributed by atoms with E-state index in [9.17, 15) is 9.18 Å². The van der Waals surface area contributed by atoms with Gasteiger partial charge in [0, 0.05) is 30.9 Å². The standard InChI is InChI=1S/C19H29FN4O/c1-14-5-4-9-24(14)16-8-10-23(12-16)15-6-7-18(17(20)11-15)21-19(25)13-22(2)3/h6-7,11,14,16H,4-5,8-10,12-13H2,1-3H3,(H,21,25). The van der Waals surface area contributed by atoms with E-state index in [-0.39, 0.29) is 24.0 Å². The summed E-state index contributed by atoms with van der Waals surface area (Å²) < 4.78 is 14.4. The predicted octanol–water partition coefficient (Wildman–Crippen LogP) is 2.39. The number of likely N-dealkylation sites (tertiary alicyclic amines) is 1. The van der Waals surface area contributed by atoms with E-state index in [4.69, 9.17) is 0 Å². The summed E-state index contributed by atoms with van der Waals surface area (Å²) >= 11 is 0. The maximum atomic E-state index is 14.4. The molecule has 5 nitrogen and oxygen atoms in total. The van der Waals surface area contributed by atoms with Gasteiger partial charge in [-0.15, -0.1) is 0 Å². The fourth-order valence-corrected chi connectivity index (χ4v) is 4.02. The molecule has 6 heteroatoms. The number of likely N-dealkylation sites (N-methyl/N-ethyl adjacent to an activating group) is 1. The number of amides is 1. The van der Waals surface area contributed by atoms with Crippen LogP contribution in [0.1, 0.15) is 26.2 Å². The van der Waals surface area contributed by atoms with Gasteiger partial charge in [0.05, 0.1) is 12.2 Å². The molecule has 0 aliphatic carbocycles. The molecule has 2 saturated heterocycles. The Bertz CT molecular complexity index is 621. The van der Waals surface area contributed by atoms with Crippen molar-refractivity contribution in [3.05, 3.63) is 24.0 Å². The smallest absolute Gasteiger partial charge is 0.238 e. The van der Waals surface area contributed by atoms with Crippen molar-refractivity contribution in [1.82, 2.24) is 9.80 Å². The van der Waals surface area contributed by atoms with Crippen molar-refractivity contribution in [3.8, 4) is 0 Å². The van der Waals surface area contributed by atoms with Crippen molar-refractivity contribution in [1.29, 1.82) is 0 Å². The third-order valence-corrected chi connectivity index (χ3v) is 5.29. The van der Waals surface area contributed by atoms with Crippen LogP contribution >= 0.6 is 0 Å². The summed E-state index contributed by atoms with van der Waals surface area (Å²) in [7, 11) is 3.62. The second-order valence-electron chi connectivity index (χ2n) is 7.57. The summed E-state index contributed by atoms with van der Waals surface area (Å²) in [5.74, 6) is -0.580. The topological polar surface area (TPSA) is 38.8 Å². The second-order valence-corrected chi connectivity index (χ2v) is 7.57. The van der Waals surface area contributed by atoms with Crippen molar-refractivity contribution in [2.45, 2.75) is 38.3 Å². The number of hydrogen-bond acceptors (Lipinski definition) is 4. The predicted molar refractivity (Wildman–Crippen MR) is 99.6 cm³/mol. The Hall–Kier alpha value is -1.66. The number of benzene rings is 1. The number of rotatable bonds is 5. The fraction of sp³-hybridized carbons (Fsp3) is 0.632. The summed E-state index contributed by atoms with van der Waals surface area (Å²) in [4.78, 5) is 18.4. The van der Waals surface area contributed by atoms with E-state index in [1.807, 2.05) is 20.2 Å². The highest BCUT2D eigenvalue weighted by molar-refractivity contribution is 5.92. The molecule has 2 aliphatic heterocycles. The van der Waals surface area contributed by atoms with Crippen molar-refractivity contribution >= 4 is 17.3 Å². The molecule has 2 fully saturated rings. The quantitative estimate of drug-likeness (QED) is 0.887. The average molecular weight is 348 g/mol. The van der Waals surface area contributed by atoms with Crippen LogP contribution < -0.4 is 10.2 Å². The van der Waals surface area contributed by atoms with Crippen molar-refractivity contribution in [2.75, 3.05) is 50.5 Å². The molecule has 25 heavy (non-hydrogen) atoms. The van der Waals surface area contributed by atoms with E-state index in [1.165, 1.54) is 19.4 Å². The number of nitrogens with zero attached hydrogens (tertiary/aromatic N) is 3. The Labute approximate surface area is 149 Å². The van der Waals surface area contributed by atoms with E-state index < -0.39 is 0 Å². The van der Waals surface area contributed by atoms with Crippen LogP contribution in [0.4, 0.5) is 15.8 Å². The maximum absolute atomic E-state index is 14.4. The van der Waals surface area contributed by atoms with Gasteiger partial charge in [0.2, 0.25) is 5.91 Å². The lowest BCUT2D eigenvalue weighted by Crippen LogP contribution is -2.39. The Morgan fingerprint density at radius 2 is 2.12 bits per heavy atom. The highest BCUT2D eigenvalue weighted by atomic mass is 19.1. The first kappa shape index (κ1) is 18.1. The minimum atomic E-state index is -0.373. The maximum Gasteiger partial charge on any atom is 0.238 e. The Morgan fingerprint density at radius 3 is 2.76 bits per heavy atom. The van der Waals surface area contributed by atoms with Crippen LogP contribution in [-0.2, 0) is 4.79 Å². The molecule has 2 aliphatic rings. The van der Waals surface area contributed by atoms with E-state index in [2.05, 4.69) is 22.0 Å². The van der Waals surface area contributed by atoms with E-state index >= 15 is 0 Å². The molecule has 2 unspecified atom stereocenters. The molecule has 2 heterocycles. The minimum absolute atomic E-state index is 0.207. The first-order valence-corrected chi connectivity index (χ1v) is 9.19. The zero-order valence-corrected chi connectivity index (χ0v) is 15.5. The third kappa shape index (κ3) is 4.30. The lowest BCUT2D eigenvalue weighted by molar-refractivity contribution is -0.116. The van der Waals surface area contributed by atoms with Crippen molar-refractivity contribution in [2.24, 2.45) is 0 Å². The fourth-order valence-electron chi connectivity index (χ4n) is 4.02. The first-order valence-electron chi connectivity index (χ1n) is 9.19. The van der Waals surface area contributed by atoms with E-state index in [0.717, 1.165) is 25.2 Å². The average Bonchev–Trinajstić information content (AvgIpc) is 3.17. The molecule has 0 radical (unpaired) electrons. The van der Waals surface area contributed by atoms with Crippen molar-refractivity contribution < 1.29 is 9.18 Å². The van der Waals surface area contributed by atoms with Crippen LogP contribution in [0.3, 0.4) is 0 Å². The number of halogens is 1. The molecular formula is C19H29FN4O. The molecule has 3 rings (SSSR count). The molecule has 0 aromatic heterocycles. The van der Waals surface area contributed by atoms with Gasteiger partial charge < -0.3 is 15.1 Å². The van der Waals surface area contributed by atoms with Crippen LogP contribution in [0.2, 0.25) is 0 Å². The SMILES string of the molecule is CC1CCCN1C1CCN(c2ccc(NC(=O)CN(C)C)c(F)c2)C1. The van der Waals surface area contributed by atoms with Gasteiger partial charge in [-0.05, 0) is 65.0 Å². The molecule has 1 N–H and O–H groups in total. The summed E-state index contributed by atoms with van der Waals surface area (Å²) in [6.07, 6.45) is 3.70. The third-order valence-electron chi connectivity index (χ3n) is 5.29. The van der Waals surface area contributed by atoms with Crippen LogP contribution in [0, 0.1) is 5.82 Å². The second kappa shape index (κ2) is 7.70. The van der Waals surface area contributed by atoms with Crippen LogP contribution in [0.25, 0.3) is 0 Å². The van der Waals surface area contributed by atoms with Gasteiger partial charge in [0.25, 0.3) is 0 Å². The number of carbonyl (C=O) groups excluding carboxylic acids is 1. The van der Waals surface area contributed by atoms with Gasteiger partial charge in [0.15, 0.2) is 0 Å². The molecule has 0 spiro atoms. The van der Waals surface area contributed by atoms with E-state index in [0.29, 0.717) is 12.1 Å². The Morgan fingerprint density at radius 1 is 1.32 bits per heavy atom. The normalized spacial score (nSPS) is 24.3. The number of anilines is 2. The van der Waals surface area contributed by atoms with Gasteiger partial charge in [-0.25, -0.2) is 4.39 Å². The van der Waals surface area contributed by atoms with E-state index in [1.54, 1.807) is 17.0 Å². The summed E-state index contributed by atoms with van der Waals surface area (Å²) in [6, 6.07) is 6.35. The molecule has 0 bridgehead atoms. The molecule has 2 atom stereocenters. The van der Waals surface area contributed by atoms with Gasteiger partial charge in [-0.1, -0.05) is 0 Å². The molecule has 1 aromatic rings.